The Bertz CT molecular complexity index is 618. The molecule has 2 N–H and O–H groups in total. The largest absolute Gasteiger partial charge is 0.468 e. The lowest BCUT2D eigenvalue weighted by Crippen LogP contribution is -2.55. The zero-order chi connectivity index (χ0) is 14.9. The topological polar surface area (TPSA) is 54.1 Å². The molecule has 1 heterocycles. The van der Waals surface area contributed by atoms with Crippen molar-refractivity contribution in [3.05, 3.63) is 30.3 Å². The summed E-state index contributed by atoms with van der Waals surface area (Å²) in [5, 5.41) is 5.50. The van der Waals surface area contributed by atoms with Crippen molar-refractivity contribution in [2.45, 2.75) is 23.4 Å². The van der Waals surface area contributed by atoms with Gasteiger partial charge in [-0.1, -0.05) is 18.2 Å². The van der Waals surface area contributed by atoms with E-state index < -0.39 is 5.54 Å². The molecule has 0 amide bonds. The van der Waals surface area contributed by atoms with Gasteiger partial charge in [0.15, 0.2) is 0 Å². The number of likely N-dealkylation sites (N-methyl/N-ethyl adjacent to an activating group) is 1. The third kappa shape index (κ3) is 2.68. The second-order valence-corrected chi connectivity index (χ2v) is 6.51. The lowest BCUT2D eigenvalue weighted by molar-refractivity contribution is -0.148. The summed E-state index contributed by atoms with van der Waals surface area (Å²) in [6, 6.07) is 10.3. The first-order valence-corrected chi connectivity index (χ1v) is 8.16. The van der Waals surface area contributed by atoms with Crippen molar-refractivity contribution < 1.29 is 9.53 Å². The Labute approximate surface area is 128 Å². The van der Waals surface area contributed by atoms with Gasteiger partial charge in [0.25, 0.3) is 0 Å². The van der Waals surface area contributed by atoms with Crippen LogP contribution in [0.1, 0.15) is 12.8 Å². The Morgan fingerprint density at radius 3 is 2.86 bits per heavy atom. The van der Waals surface area contributed by atoms with Crippen LogP contribution in [0.25, 0.3) is 10.9 Å². The van der Waals surface area contributed by atoms with Crippen LogP contribution in [0.3, 0.4) is 0 Å². The molecule has 1 atom stereocenters. The Hall–Kier alpha value is -1.46. The number of hydrogen-bond acceptors (Lipinski definition) is 4. The molecular weight excluding hydrogens is 284 g/mol. The van der Waals surface area contributed by atoms with E-state index in [1.54, 1.807) is 11.8 Å². The lowest BCUT2D eigenvalue weighted by Gasteiger charge is -2.30. The van der Waals surface area contributed by atoms with E-state index in [-0.39, 0.29) is 5.97 Å². The molecule has 0 radical (unpaired) electrons. The zero-order valence-corrected chi connectivity index (χ0v) is 13.1. The highest BCUT2D eigenvalue weighted by Gasteiger charge is 2.50. The van der Waals surface area contributed by atoms with E-state index >= 15 is 0 Å². The first-order chi connectivity index (χ1) is 10.2. The van der Waals surface area contributed by atoms with Gasteiger partial charge in [0.2, 0.25) is 0 Å². The molecule has 1 unspecified atom stereocenters. The molecular formula is C16H20N2O2S. The molecule has 21 heavy (non-hydrogen) atoms. The van der Waals surface area contributed by atoms with Crippen LogP contribution < -0.4 is 5.32 Å². The normalized spacial score (nSPS) is 17.6. The minimum Gasteiger partial charge on any atom is -0.468 e. The van der Waals surface area contributed by atoms with Crippen LogP contribution in [-0.4, -0.2) is 36.4 Å². The maximum absolute atomic E-state index is 12.2. The molecule has 1 saturated carbocycles. The molecule has 0 bridgehead atoms. The number of H-pyrrole nitrogens is 1. The number of benzene rings is 1. The number of nitrogens with one attached hydrogen (secondary N) is 2. The summed E-state index contributed by atoms with van der Waals surface area (Å²) in [5.41, 5.74) is 0.552. The van der Waals surface area contributed by atoms with E-state index in [2.05, 4.69) is 28.5 Å². The van der Waals surface area contributed by atoms with Gasteiger partial charge in [0, 0.05) is 16.7 Å². The summed E-state index contributed by atoms with van der Waals surface area (Å²) >= 11 is 1.67. The highest BCUT2D eigenvalue weighted by Crippen LogP contribution is 2.43. The van der Waals surface area contributed by atoms with E-state index in [1.807, 2.05) is 19.2 Å². The van der Waals surface area contributed by atoms with Gasteiger partial charge >= 0.3 is 5.97 Å². The Balaban J connectivity index is 1.78. The van der Waals surface area contributed by atoms with Crippen LogP contribution in [0.5, 0.6) is 0 Å². The van der Waals surface area contributed by atoms with Gasteiger partial charge < -0.3 is 15.0 Å². The van der Waals surface area contributed by atoms with E-state index in [0.29, 0.717) is 11.7 Å². The van der Waals surface area contributed by atoms with Crippen molar-refractivity contribution >= 4 is 28.6 Å². The number of carbonyl (C=O) groups excluding carboxylic acids is 1. The molecule has 2 aromatic rings. The van der Waals surface area contributed by atoms with E-state index in [1.165, 1.54) is 12.5 Å². The maximum Gasteiger partial charge on any atom is 0.327 e. The number of fused-ring (bicyclic) bond motifs is 1. The molecule has 3 rings (SSSR count). The molecule has 1 aliphatic carbocycles. The van der Waals surface area contributed by atoms with Gasteiger partial charge in [0.05, 0.1) is 12.1 Å². The van der Waals surface area contributed by atoms with Crippen molar-refractivity contribution in [3.8, 4) is 0 Å². The van der Waals surface area contributed by atoms with Crippen molar-refractivity contribution in [2.75, 3.05) is 19.9 Å². The van der Waals surface area contributed by atoms with Gasteiger partial charge in [-0.3, -0.25) is 4.79 Å². The SMILES string of the molecule is CNC(CSc1cc2ccccc2[nH]1)(C(=O)OC)C1CC1. The molecule has 5 heteroatoms. The van der Waals surface area contributed by atoms with Crippen LogP contribution in [0.15, 0.2) is 35.4 Å². The molecule has 4 nitrogen and oxygen atoms in total. The average Bonchev–Trinajstić information content (AvgIpc) is 3.27. The monoisotopic (exact) mass is 304 g/mol. The highest BCUT2D eigenvalue weighted by atomic mass is 32.2. The van der Waals surface area contributed by atoms with Crippen LogP contribution >= 0.6 is 11.8 Å². The van der Waals surface area contributed by atoms with Gasteiger partial charge in [-0.15, -0.1) is 11.8 Å². The molecule has 1 aromatic carbocycles. The summed E-state index contributed by atoms with van der Waals surface area (Å²) in [6.45, 7) is 0. The summed E-state index contributed by atoms with van der Waals surface area (Å²) in [7, 11) is 3.31. The summed E-state index contributed by atoms with van der Waals surface area (Å²) in [6.07, 6.45) is 2.17. The average molecular weight is 304 g/mol. The third-order valence-corrected chi connectivity index (χ3v) is 5.36. The van der Waals surface area contributed by atoms with E-state index in [4.69, 9.17) is 4.74 Å². The number of aromatic nitrogens is 1. The second kappa shape index (κ2) is 5.73. The number of aromatic amines is 1. The van der Waals surface area contributed by atoms with Crippen LogP contribution in [0.4, 0.5) is 0 Å². The number of ether oxygens (including phenoxy) is 1. The van der Waals surface area contributed by atoms with Gasteiger partial charge in [-0.05, 0) is 37.9 Å². The number of carbonyl (C=O) groups is 1. The zero-order valence-electron chi connectivity index (χ0n) is 12.3. The van der Waals surface area contributed by atoms with Crippen LogP contribution in [0, 0.1) is 5.92 Å². The number of esters is 1. The number of rotatable bonds is 6. The number of thioether (sulfide) groups is 1. The number of methoxy groups -OCH3 is 1. The molecule has 1 fully saturated rings. The Morgan fingerprint density at radius 2 is 2.24 bits per heavy atom. The first kappa shape index (κ1) is 14.5. The molecule has 0 aliphatic heterocycles. The van der Waals surface area contributed by atoms with Crippen molar-refractivity contribution in [2.24, 2.45) is 5.92 Å². The van der Waals surface area contributed by atoms with Crippen molar-refractivity contribution in [3.63, 3.8) is 0 Å². The molecule has 1 aromatic heterocycles. The minimum absolute atomic E-state index is 0.156. The third-order valence-electron chi connectivity index (χ3n) is 4.23. The minimum atomic E-state index is -0.573. The first-order valence-electron chi connectivity index (χ1n) is 7.17. The van der Waals surface area contributed by atoms with Crippen LogP contribution in [-0.2, 0) is 9.53 Å². The summed E-state index contributed by atoms with van der Waals surface area (Å²) in [5.74, 6) is 0.899. The Morgan fingerprint density at radius 1 is 1.48 bits per heavy atom. The molecule has 112 valence electrons. The second-order valence-electron chi connectivity index (χ2n) is 5.50. The molecule has 0 saturated heterocycles. The standard InChI is InChI=1S/C16H20N2O2S/c1-17-16(12-7-8-12,15(19)20-2)10-21-14-9-11-5-3-4-6-13(11)18-14/h3-6,9,12,17-18H,7-8,10H2,1-2H3. The van der Waals surface area contributed by atoms with Gasteiger partial charge in [0.1, 0.15) is 5.54 Å². The fourth-order valence-corrected chi connectivity index (χ4v) is 4.07. The van der Waals surface area contributed by atoms with Crippen molar-refractivity contribution in [1.29, 1.82) is 0 Å². The molecule has 1 aliphatic rings. The highest BCUT2D eigenvalue weighted by molar-refractivity contribution is 7.99. The van der Waals surface area contributed by atoms with Gasteiger partial charge in [-0.2, -0.15) is 0 Å². The van der Waals surface area contributed by atoms with E-state index in [9.17, 15) is 4.79 Å². The maximum atomic E-state index is 12.2. The number of para-hydroxylation sites is 1. The Kier molecular flexibility index (Phi) is 3.95. The van der Waals surface area contributed by atoms with E-state index in [0.717, 1.165) is 23.4 Å². The van der Waals surface area contributed by atoms with Crippen molar-refractivity contribution in [1.82, 2.24) is 10.3 Å². The summed E-state index contributed by atoms with van der Waals surface area (Å²) < 4.78 is 5.03. The van der Waals surface area contributed by atoms with Gasteiger partial charge in [-0.25, -0.2) is 0 Å². The smallest absolute Gasteiger partial charge is 0.327 e. The predicted molar refractivity (Wildman–Crippen MR) is 85.6 cm³/mol. The summed E-state index contributed by atoms with van der Waals surface area (Å²) in [4.78, 5) is 15.6. The molecule has 0 spiro atoms. The fraction of sp³-hybridized carbons (Fsp3) is 0.438. The predicted octanol–water partition coefficient (Wildman–Crippen LogP) is 2.80. The fourth-order valence-electron chi connectivity index (χ4n) is 2.80. The quantitative estimate of drug-likeness (QED) is 0.636. The number of hydrogen-bond donors (Lipinski definition) is 2. The van der Waals surface area contributed by atoms with Crippen LogP contribution in [0.2, 0.25) is 0 Å². The lowest BCUT2D eigenvalue weighted by atomic mass is 9.96.